The molecule has 74 valence electrons. The Morgan fingerprint density at radius 3 is 0.833 bits per heavy atom. The topological polar surface area (TPSA) is 0 Å². The SMILES string of the molecule is S=[S-](=S)S(=S)(=S)S(=S)(=S)[S-](=S)=S. The molecule has 0 atom stereocenters. The van der Waals surface area contributed by atoms with Gasteiger partial charge in [-0.25, -0.2) is 44.8 Å². The van der Waals surface area contributed by atoms with Crippen molar-refractivity contribution in [3.05, 3.63) is 0 Å². The average molecular weight is 385 g/mol. The van der Waals surface area contributed by atoms with Crippen LogP contribution in [0.25, 0.3) is 0 Å². The Bertz CT molecular complexity index is 426. The maximum atomic E-state index is 5.08. The van der Waals surface area contributed by atoms with Crippen molar-refractivity contribution < 1.29 is 0 Å². The van der Waals surface area contributed by atoms with Crippen LogP contribution in [0.15, 0.2) is 0 Å². The predicted octanol–water partition coefficient (Wildman–Crippen LogP) is -0.0288. The van der Waals surface area contributed by atoms with E-state index in [1.807, 2.05) is 0 Å². The Morgan fingerprint density at radius 2 is 0.750 bits per heavy atom. The number of hydrogen-bond donors (Lipinski definition) is 0. The van der Waals surface area contributed by atoms with Crippen molar-refractivity contribution in [1.29, 1.82) is 0 Å². The highest BCUT2D eigenvalue weighted by Gasteiger charge is 1.95. The van der Waals surface area contributed by atoms with Crippen molar-refractivity contribution in [2.45, 2.75) is 0 Å². The molecule has 0 bridgehead atoms. The molecule has 0 spiro atoms. The summed E-state index contributed by atoms with van der Waals surface area (Å²) in [6, 6.07) is 0. The molecule has 0 saturated heterocycles. The fourth-order valence-electron chi connectivity index (χ4n) is 0.136. The molecule has 0 aliphatic rings. The van der Waals surface area contributed by atoms with Crippen LogP contribution >= 0.6 is 0 Å². The van der Waals surface area contributed by atoms with E-state index in [9.17, 15) is 0 Å². The highest BCUT2D eigenvalue weighted by atomic mass is 34.2. The van der Waals surface area contributed by atoms with Gasteiger partial charge in [-0.3, -0.25) is 14.1 Å². The molecule has 0 heterocycles. The monoisotopic (exact) mass is 384 g/mol. The van der Waals surface area contributed by atoms with Crippen LogP contribution in [0.5, 0.6) is 0 Å². The third kappa shape index (κ3) is 3.33. The molecule has 0 amide bonds. The Labute approximate surface area is 112 Å². The predicted molar refractivity (Wildman–Crippen MR) is 88.4 cm³/mol. The summed E-state index contributed by atoms with van der Waals surface area (Å²) < 4.78 is 0. The summed E-state index contributed by atoms with van der Waals surface area (Å²) in [5.74, 6) is 0. The van der Waals surface area contributed by atoms with Gasteiger partial charge in [0.05, 0.1) is 0 Å². The van der Waals surface area contributed by atoms with Crippen LogP contribution in [-0.4, -0.2) is 0 Å². The van der Waals surface area contributed by atoms with E-state index in [2.05, 4.69) is 0 Å². The van der Waals surface area contributed by atoms with Gasteiger partial charge in [0.15, 0.2) is 0 Å². The summed E-state index contributed by atoms with van der Waals surface area (Å²) in [4.78, 5) is 0. The largest absolute Gasteiger partial charge is 0.273 e. The first-order chi connectivity index (χ1) is 5.14. The van der Waals surface area contributed by atoms with Crippen LogP contribution in [0.2, 0.25) is 0 Å². The quantitative estimate of drug-likeness (QED) is 0.485. The van der Waals surface area contributed by atoms with Crippen molar-refractivity contribution >= 4 is 114 Å². The van der Waals surface area contributed by atoms with E-state index in [0.29, 0.717) is 0 Å². The van der Waals surface area contributed by atoms with Gasteiger partial charge in [0.25, 0.3) is 0 Å². The lowest BCUT2D eigenvalue weighted by Crippen LogP contribution is -2.10. The van der Waals surface area contributed by atoms with Crippen molar-refractivity contribution in [1.82, 2.24) is 0 Å². The summed E-state index contributed by atoms with van der Waals surface area (Å²) in [5, 5.41) is -4.27. The number of hydrogen-bond acceptors (Lipinski definition) is 10. The van der Waals surface area contributed by atoms with Crippen LogP contribution in [0.4, 0.5) is 0 Å². The van der Waals surface area contributed by atoms with Crippen molar-refractivity contribution in [2.24, 2.45) is 0 Å². The Balaban J connectivity index is 6.07. The zero-order valence-electron chi connectivity index (χ0n) is 4.90. The third-order valence-electron chi connectivity index (χ3n) is 0.583. The molecule has 0 nitrogen and oxygen atoms in total. The van der Waals surface area contributed by atoms with E-state index in [1.54, 1.807) is 0 Å². The molecule has 0 radical (unpaired) electrons. The van der Waals surface area contributed by atoms with Gasteiger partial charge in [-0.05, 0) is 0 Å². The van der Waals surface area contributed by atoms with Gasteiger partial charge in [0.1, 0.15) is 0 Å². The molecule has 12 heteroatoms. The van der Waals surface area contributed by atoms with Gasteiger partial charge < -0.3 is 0 Å². The van der Waals surface area contributed by atoms with Crippen LogP contribution in [0, 0.1) is 0 Å². The van der Waals surface area contributed by atoms with E-state index in [4.69, 9.17) is 89.5 Å². The van der Waals surface area contributed by atoms with E-state index < -0.39 is 24.5 Å². The normalized spacial score (nSPS) is 13.8. The zero-order valence-corrected chi connectivity index (χ0v) is 14.7. The van der Waals surface area contributed by atoms with E-state index >= 15 is 0 Å². The summed E-state index contributed by atoms with van der Waals surface area (Å²) in [6.07, 6.45) is 0. The maximum Gasteiger partial charge on any atom is -0.0583 e. The van der Waals surface area contributed by atoms with Gasteiger partial charge in [0, 0.05) is 0 Å². The van der Waals surface area contributed by atoms with Gasteiger partial charge in [0.2, 0.25) is 0 Å². The molecule has 0 aromatic heterocycles. The minimum absolute atomic E-state index is 0.934. The molecular weight excluding hydrogens is 385 g/mol. The summed E-state index contributed by atoms with van der Waals surface area (Å²) in [6.45, 7) is 0. The van der Waals surface area contributed by atoms with Crippen molar-refractivity contribution in [2.75, 3.05) is 0 Å². The summed E-state index contributed by atoms with van der Waals surface area (Å²) in [7, 11) is -1.87. The van der Waals surface area contributed by atoms with Crippen LogP contribution in [-0.2, 0) is 114 Å². The standard InChI is InChI=1S/S12/c1-9(2)11(5,6)12(7,8)10(3)4/q-2. The van der Waals surface area contributed by atoms with Crippen LogP contribution in [0.1, 0.15) is 0 Å². The molecule has 0 aromatic carbocycles. The van der Waals surface area contributed by atoms with Crippen LogP contribution in [0.3, 0.4) is 0 Å². The minimum Gasteiger partial charge on any atom is -0.273 e. The Hall–Kier alpha value is 3.16. The Morgan fingerprint density at radius 1 is 0.583 bits per heavy atom. The lowest BCUT2D eigenvalue weighted by Gasteiger charge is -2.25. The average Bonchev–Trinajstić information content (AvgIpc) is 1.86. The molecule has 0 aliphatic heterocycles. The first kappa shape index (κ1) is 15.2. The molecule has 0 saturated carbocycles. The molecule has 0 rings (SSSR count). The highest BCUT2D eigenvalue weighted by Crippen LogP contribution is 2.10. The van der Waals surface area contributed by atoms with Gasteiger partial charge in [-0.1, -0.05) is 44.8 Å². The minimum atomic E-state index is -2.13. The molecular formula is S12-2. The van der Waals surface area contributed by atoms with Gasteiger partial charge in [-0.15, -0.1) is 10.4 Å². The lowest BCUT2D eigenvalue weighted by atomic mass is 30.0. The van der Waals surface area contributed by atoms with E-state index in [-0.39, 0.29) is 0 Å². The number of rotatable bonds is 3. The smallest absolute Gasteiger partial charge is 0.0583 e. The molecule has 0 unspecified atom stereocenters. The summed E-state index contributed by atoms with van der Waals surface area (Å²) >= 11 is 39.7. The second-order valence-electron chi connectivity index (χ2n) is 1.22. The van der Waals surface area contributed by atoms with Gasteiger partial charge in [-0.2, -0.15) is 0 Å². The molecule has 0 N–H and O–H groups in total. The highest BCUT2D eigenvalue weighted by molar-refractivity contribution is 9.47. The first-order valence-electron chi connectivity index (χ1n) is 1.83. The molecule has 0 aromatic rings. The molecule has 0 aliphatic carbocycles. The Kier molecular flexibility index (Phi) is 6.92. The zero-order chi connectivity index (χ0) is 10.2. The van der Waals surface area contributed by atoms with Crippen molar-refractivity contribution in [3.63, 3.8) is 0 Å². The second-order valence-corrected chi connectivity index (χ2v) is 33.1. The third-order valence-corrected chi connectivity index (χ3v) is 47.2. The molecule has 12 heavy (non-hydrogen) atoms. The van der Waals surface area contributed by atoms with Gasteiger partial charge >= 0.3 is 0 Å². The van der Waals surface area contributed by atoms with Crippen LogP contribution < -0.4 is 0 Å². The molecule has 0 fully saturated rings. The van der Waals surface area contributed by atoms with Crippen molar-refractivity contribution in [3.8, 4) is 0 Å². The second kappa shape index (κ2) is 5.48. The van der Waals surface area contributed by atoms with E-state index in [0.717, 1.165) is 0 Å². The maximum absolute atomic E-state index is 5.08. The lowest BCUT2D eigenvalue weighted by molar-refractivity contribution is 5.27. The fourth-order valence-corrected chi connectivity index (χ4v) is 33.1. The first-order valence-corrected chi connectivity index (χ1v) is 16.5. The fraction of sp³-hybridized carbons (Fsp3) is 0. The summed E-state index contributed by atoms with van der Waals surface area (Å²) in [5.41, 5.74) is 0. The van der Waals surface area contributed by atoms with E-state index in [1.165, 1.54) is 0 Å².